The van der Waals surface area contributed by atoms with Gasteiger partial charge in [0.05, 0.1) is 18.6 Å². The second-order valence-electron chi connectivity index (χ2n) is 2.87. The van der Waals surface area contributed by atoms with Gasteiger partial charge in [-0.2, -0.15) is 0 Å². The number of imidazole rings is 1. The molecule has 0 bridgehead atoms. The van der Waals surface area contributed by atoms with Gasteiger partial charge in [0.25, 0.3) is 0 Å². The topological polar surface area (TPSA) is 55.1 Å². The highest BCUT2D eigenvalue weighted by atomic mass is 35.5. The number of aliphatic carboxylic acids is 1. The standard InChI is InChI=1S/C8H11ClN2O2/c1-5-6(2)11(4-10-5)3-7(9)8(12)13/h4,7H,3H2,1-2H3,(H,12,13). The van der Waals surface area contributed by atoms with Gasteiger partial charge in [-0.05, 0) is 13.8 Å². The maximum atomic E-state index is 10.5. The van der Waals surface area contributed by atoms with Gasteiger partial charge in [-0.3, -0.25) is 4.79 Å². The summed E-state index contributed by atoms with van der Waals surface area (Å²) in [6.45, 7) is 4.01. The van der Waals surface area contributed by atoms with E-state index < -0.39 is 11.3 Å². The van der Waals surface area contributed by atoms with Crippen molar-refractivity contribution in [3.8, 4) is 0 Å². The van der Waals surface area contributed by atoms with Gasteiger partial charge >= 0.3 is 5.97 Å². The average Bonchev–Trinajstić information content (AvgIpc) is 2.36. The summed E-state index contributed by atoms with van der Waals surface area (Å²) in [6, 6.07) is 0. The van der Waals surface area contributed by atoms with E-state index in [1.165, 1.54) is 0 Å². The maximum absolute atomic E-state index is 10.5. The zero-order chi connectivity index (χ0) is 10.0. The minimum atomic E-state index is -1.01. The van der Waals surface area contributed by atoms with Crippen molar-refractivity contribution in [1.82, 2.24) is 9.55 Å². The summed E-state index contributed by atoms with van der Waals surface area (Å²) >= 11 is 5.58. The van der Waals surface area contributed by atoms with Crippen LogP contribution in [-0.2, 0) is 11.3 Å². The van der Waals surface area contributed by atoms with Crippen molar-refractivity contribution in [2.24, 2.45) is 0 Å². The summed E-state index contributed by atoms with van der Waals surface area (Å²) in [5, 5.41) is 7.68. The first-order valence-corrected chi connectivity index (χ1v) is 4.31. The summed E-state index contributed by atoms with van der Waals surface area (Å²) in [4.78, 5) is 14.5. The van der Waals surface area contributed by atoms with Crippen molar-refractivity contribution in [3.63, 3.8) is 0 Å². The molecule has 0 aliphatic heterocycles. The molecular formula is C8H11ClN2O2. The zero-order valence-electron chi connectivity index (χ0n) is 7.49. The lowest BCUT2D eigenvalue weighted by molar-refractivity contribution is -0.136. The number of carboxylic acid groups (broad SMARTS) is 1. The molecule has 0 amide bonds. The zero-order valence-corrected chi connectivity index (χ0v) is 8.25. The molecule has 0 radical (unpaired) electrons. The minimum Gasteiger partial charge on any atom is -0.480 e. The molecule has 1 aromatic rings. The Balaban J connectivity index is 2.74. The molecule has 1 heterocycles. The largest absolute Gasteiger partial charge is 0.480 e. The van der Waals surface area contributed by atoms with Gasteiger partial charge in [-0.15, -0.1) is 11.6 Å². The van der Waals surface area contributed by atoms with Crippen LogP contribution in [0.15, 0.2) is 6.33 Å². The lowest BCUT2D eigenvalue weighted by atomic mass is 10.3. The molecular weight excluding hydrogens is 192 g/mol. The first kappa shape index (κ1) is 10.1. The van der Waals surface area contributed by atoms with Crippen LogP contribution < -0.4 is 0 Å². The van der Waals surface area contributed by atoms with Crippen molar-refractivity contribution < 1.29 is 9.90 Å². The molecule has 0 aromatic carbocycles. The van der Waals surface area contributed by atoms with Gasteiger partial charge in [0.1, 0.15) is 5.38 Å². The summed E-state index contributed by atoms with van der Waals surface area (Å²) in [5.41, 5.74) is 1.85. The summed E-state index contributed by atoms with van der Waals surface area (Å²) in [5.74, 6) is -1.01. The number of carbonyl (C=O) groups is 1. The number of hydrogen-bond acceptors (Lipinski definition) is 2. The normalized spacial score (nSPS) is 12.8. The second-order valence-corrected chi connectivity index (χ2v) is 3.40. The lowest BCUT2D eigenvalue weighted by Gasteiger charge is -2.07. The Kier molecular flexibility index (Phi) is 2.93. The predicted octanol–water partition coefficient (Wildman–Crippen LogP) is 1.19. The number of rotatable bonds is 3. The molecule has 1 rings (SSSR count). The molecule has 1 aromatic heterocycles. The van der Waals surface area contributed by atoms with Gasteiger partial charge in [0, 0.05) is 5.69 Å². The number of hydrogen-bond donors (Lipinski definition) is 1. The molecule has 0 saturated heterocycles. The molecule has 0 saturated carbocycles. The van der Waals surface area contributed by atoms with Crippen molar-refractivity contribution in [3.05, 3.63) is 17.7 Å². The minimum absolute atomic E-state index is 0.254. The predicted molar refractivity (Wildman–Crippen MR) is 49.0 cm³/mol. The molecule has 72 valence electrons. The van der Waals surface area contributed by atoms with Crippen molar-refractivity contribution >= 4 is 17.6 Å². The number of carboxylic acids is 1. The number of aromatic nitrogens is 2. The van der Waals surface area contributed by atoms with E-state index >= 15 is 0 Å². The van der Waals surface area contributed by atoms with E-state index in [9.17, 15) is 4.79 Å². The highest BCUT2D eigenvalue weighted by molar-refractivity contribution is 6.29. The Morgan fingerprint density at radius 1 is 1.77 bits per heavy atom. The fraction of sp³-hybridized carbons (Fsp3) is 0.500. The first-order chi connectivity index (χ1) is 6.02. The Morgan fingerprint density at radius 2 is 2.38 bits per heavy atom. The van der Waals surface area contributed by atoms with Crippen LogP contribution in [0.25, 0.3) is 0 Å². The number of alkyl halides is 1. The van der Waals surface area contributed by atoms with Crippen LogP contribution in [0.4, 0.5) is 0 Å². The van der Waals surface area contributed by atoms with E-state index in [0.29, 0.717) is 0 Å². The first-order valence-electron chi connectivity index (χ1n) is 3.87. The molecule has 1 unspecified atom stereocenters. The Hall–Kier alpha value is -1.03. The maximum Gasteiger partial charge on any atom is 0.323 e. The van der Waals surface area contributed by atoms with Crippen LogP contribution >= 0.6 is 11.6 Å². The van der Waals surface area contributed by atoms with Crippen LogP contribution in [0.3, 0.4) is 0 Å². The Morgan fingerprint density at radius 3 is 2.77 bits per heavy atom. The summed E-state index contributed by atoms with van der Waals surface area (Å²) in [6.07, 6.45) is 1.60. The van der Waals surface area contributed by atoms with E-state index in [1.54, 1.807) is 10.9 Å². The van der Waals surface area contributed by atoms with E-state index in [-0.39, 0.29) is 6.54 Å². The third-order valence-electron chi connectivity index (χ3n) is 1.97. The van der Waals surface area contributed by atoms with Crippen LogP contribution in [0.5, 0.6) is 0 Å². The molecule has 0 spiro atoms. The van der Waals surface area contributed by atoms with Crippen LogP contribution in [0, 0.1) is 13.8 Å². The van der Waals surface area contributed by atoms with Crippen LogP contribution in [0.2, 0.25) is 0 Å². The molecule has 1 N–H and O–H groups in total. The second kappa shape index (κ2) is 3.79. The fourth-order valence-corrected chi connectivity index (χ4v) is 1.13. The molecule has 0 aliphatic rings. The van der Waals surface area contributed by atoms with Crippen molar-refractivity contribution in [2.75, 3.05) is 0 Å². The van der Waals surface area contributed by atoms with E-state index in [4.69, 9.17) is 16.7 Å². The third-order valence-corrected chi connectivity index (χ3v) is 2.29. The van der Waals surface area contributed by atoms with E-state index in [1.807, 2.05) is 13.8 Å². The fourth-order valence-electron chi connectivity index (χ4n) is 0.979. The van der Waals surface area contributed by atoms with Crippen LogP contribution in [-0.4, -0.2) is 26.0 Å². The molecule has 4 nitrogen and oxygen atoms in total. The van der Waals surface area contributed by atoms with E-state index in [0.717, 1.165) is 11.4 Å². The number of halogens is 1. The van der Waals surface area contributed by atoms with Gasteiger partial charge in [0.2, 0.25) is 0 Å². The van der Waals surface area contributed by atoms with Crippen LogP contribution in [0.1, 0.15) is 11.4 Å². The number of nitrogens with zero attached hydrogens (tertiary/aromatic N) is 2. The Labute approximate surface area is 81.2 Å². The number of aryl methyl sites for hydroxylation is 1. The van der Waals surface area contributed by atoms with Crippen molar-refractivity contribution in [1.29, 1.82) is 0 Å². The molecule has 1 atom stereocenters. The third kappa shape index (κ3) is 2.21. The monoisotopic (exact) mass is 202 g/mol. The quantitative estimate of drug-likeness (QED) is 0.750. The Bertz CT molecular complexity index is 322. The SMILES string of the molecule is Cc1ncn(CC(Cl)C(=O)O)c1C. The van der Waals surface area contributed by atoms with Gasteiger partial charge in [-0.1, -0.05) is 0 Å². The highest BCUT2D eigenvalue weighted by Crippen LogP contribution is 2.07. The van der Waals surface area contributed by atoms with Gasteiger partial charge in [0.15, 0.2) is 0 Å². The smallest absolute Gasteiger partial charge is 0.323 e. The summed E-state index contributed by atoms with van der Waals surface area (Å²) in [7, 11) is 0. The molecule has 5 heteroatoms. The molecule has 0 fully saturated rings. The van der Waals surface area contributed by atoms with Crippen molar-refractivity contribution in [2.45, 2.75) is 25.8 Å². The molecule has 0 aliphatic carbocycles. The summed E-state index contributed by atoms with van der Waals surface area (Å²) < 4.78 is 1.74. The van der Waals surface area contributed by atoms with Gasteiger partial charge in [-0.25, -0.2) is 4.98 Å². The van der Waals surface area contributed by atoms with Gasteiger partial charge < -0.3 is 9.67 Å². The highest BCUT2D eigenvalue weighted by Gasteiger charge is 2.15. The molecule has 13 heavy (non-hydrogen) atoms. The average molecular weight is 203 g/mol. The lowest BCUT2D eigenvalue weighted by Crippen LogP contribution is -2.20. The van der Waals surface area contributed by atoms with E-state index in [2.05, 4.69) is 4.98 Å².